The summed E-state index contributed by atoms with van der Waals surface area (Å²) in [6.07, 6.45) is 6.32. The molecule has 1 saturated heterocycles. The van der Waals surface area contributed by atoms with Gasteiger partial charge in [0.15, 0.2) is 0 Å². The third kappa shape index (κ3) is 5.63. The zero-order chi connectivity index (χ0) is 21.5. The van der Waals surface area contributed by atoms with Crippen LogP contribution < -0.4 is 15.5 Å². The van der Waals surface area contributed by atoms with E-state index in [0.29, 0.717) is 0 Å². The minimum absolute atomic E-state index is 0.0589. The second-order valence-corrected chi connectivity index (χ2v) is 8.10. The van der Waals surface area contributed by atoms with E-state index in [1.165, 1.54) is 24.8 Å². The Kier molecular flexibility index (Phi) is 6.82. The van der Waals surface area contributed by atoms with Gasteiger partial charge in [-0.2, -0.15) is 0 Å². The van der Waals surface area contributed by atoms with Crippen LogP contribution in [0.3, 0.4) is 0 Å². The number of nitrogens with one attached hydrogen (secondary N) is 2. The molecule has 0 spiro atoms. The smallest absolute Gasteiger partial charge is 0.257 e. The number of aromatic nitrogens is 1. The lowest BCUT2D eigenvalue weighted by molar-refractivity contribution is 0.102. The predicted octanol–water partition coefficient (Wildman–Crippen LogP) is 5.29. The van der Waals surface area contributed by atoms with Crippen LogP contribution in [0.15, 0.2) is 66.9 Å². The molecule has 0 unspecified atom stereocenters. The third-order valence-corrected chi connectivity index (χ3v) is 5.67. The van der Waals surface area contributed by atoms with Crippen molar-refractivity contribution in [1.82, 2.24) is 4.98 Å². The van der Waals surface area contributed by atoms with Crippen molar-refractivity contribution in [3.63, 3.8) is 0 Å². The Labute approximate surface area is 184 Å². The summed E-state index contributed by atoms with van der Waals surface area (Å²) in [5, 5.41) is 6.47. The summed E-state index contributed by atoms with van der Waals surface area (Å²) in [6, 6.07) is 19.9. The van der Waals surface area contributed by atoms with E-state index in [-0.39, 0.29) is 5.91 Å². The van der Waals surface area contributed by atoms with E-state index in [1.54, 1.807) is 0 Å². The lowest BCUT2D eigenvalue weighted by Crippen LogP contribution is -2.31. The summed E-state index contributed by atoms with van der Waals surface area (Å²) >= 11 is 0. The number of rotatable bonds is 7. The number of anilines is 3. The van der Waals surface area contributed by atoms with E-state index in [2.05, 4.69) is 33.5 Å². The summed E-state index contributed by atoms with van der Waals surface area (Å²) in [5.74, 6) is -0.0589. The highest BCUT2D eigenvalue weighted by molar-refractivity contribution is 6.08. The van der Waals surface area contributed by atoms with Crippen molar-refractivity contribution < 1.29 is 4.79 Å². The molecule has 31 heavy (non-hydrogen) atoms. The number of hydrogen-bond acceptors (Lipinski definition) is 4. The van der Waals surface area contributed by atoms with E-state index in [0.717, 1.165) is 54.4 Å². The largest absolute Gasteiger partial charge is 0.385 e. The molecule has 5 heteroatoms. The first kappa shape index (κ1) is 20.9. The molecule has 2 N–H and O–H groups in total. The fourth-order valence-corrected chi connectivity index (χ4v) is 3.98. The highest BCUT2D eigenvalue weighted by Crippen LogP contribution is 2.26. The van der Waals surface area contributed by atoms with Crippen LogP contribution in [0.5, 0.6) is 0 Å². The van der Waals surface area contributed by atoms with Gasteiger partial charge in [0, 0.05) is 55.0 Å². The monoisotopic (exact) mass is 414 g/mol. The van der Waals surface area contributed by atoms with Gasteiger partial charge in [0.05, 0.1) is 5.56 Å². The minimum atomic E-state index is -0.0589. The van der Waals surface area contributed by atoms with Crippen LogP contribution in [0.4, 0.5) is 17.1 Å². The molecule has 2 aromatic carbocycles. The summed E-state index contributed by atoms with van der Waals surface area (Å²) < 4.78 is 0. The number of amides is 1. The number of carbonyl (C=O) groups excluding carboxylic acids is 1. The van der Waals surface area contributed by atoms with Crippen molar-refractivity contribution in [3.8, 4) is 0 Å². The summed E-state index contributed by atoms with van der Waals surface area (Å²) in [7, 11) is 0. The average Bonchev–Trinajstić information content (AvgIpc) is 2.81. The Balaban J connectivity index is 1.37. The molecule has 0 aliphatic carbocycles. The maximum Gasteiger partial charge on any atom is 0.257 e. The molecule has 1 aliphatic rings. The molecular formula is C26H30N4O. The highest BCUT2D eigenvalue weighted by atomic mass is 16.1. The molecule has 1 amide bonds. The van der Waals surface area contributed by atoms with E-state index in [4.69, 9.17) is 0 Å². The van der Waals surface area contributed by atoms with Gasteiger partial charge in [-0.25, -0.2) is 0 Å². The number of aryl methyl sites for hydroxylation is 1. The van der Waals surface area contributed by atoms with E-state index in [1.807, 2.05) is 60.8 Å². The number of carbonyl (C=O) groups is 1. The molecule has 0 bridgehead atoms. The average molecular weight is 415 g/mol. The van der Waals surface area contributed by atoms with Crippen molar-refractivity contribution >= 4 is 23.0 Å². The molecule has 5 nitrogen and oxygen atoms in total. The Morgan fingerprint density at radius 1 is 0.968 bits per heavy atom. The normalized spacial score (nSPS) is 13.6. The molecule has 0 atom stereocenters. The van der Waals surface area contributed by atoms with Gasteiger partial charge < -0.3 is 15.5 Å². The molecule has 0 saturated carbocycles. The molecule has 2 heterocycles. The van der Waals surface area contributed by atoms with Crippen molar-refractivity contribution in [1.29, 1.82) is 0 Å². The first-order valence-corrected chi connectivity index (χ1v) is 11.1. The zero-order valence-electron chi connectivity index (χ0n) is 18.1. The van der Waals surface area contributed by atoms with Gasteiger partial charge in [-0.1, -0.05) is 12.1 Å². The molecule has 160 valence electrons. The van der Waals surface area contributed by atoms with Gasteiger partial charge in [0.2, 0.25) is 0 Å². The van der Waals surface area contributed by atoms with Gasteiger partial charge in [0.25, 0.3) is 5.91 Å². The molecule has 1 fully saturated rings. The fraction of sp³-hybridized carbons (Fsp3) is 0.308. The van der Waals surface area contributed by atoms with Crippen LogP contribution in [0, 0.1) is 6.92 Å². The van der Waals surface area contributed by atoms with Gasteiger partial charge in [0.1, 0.15) is 0 Å². The zero-order valence-corrected chi connectivity index (χ0v) is 18.1. The number of pyridine rings is 1. The van der Waals surface area contributed by atoms with Crippen LogP contribution in [-0.4, -0.2) is 30.5 Å². The Hall–Kier alpha value is -3.34. The van der Waals surface area contributed by atoms with Crippen molar-refractivity contribution in [2.24, 2.45) is 0 Å². The van der Waals surface area contributed by atoms with Gasteiger partial charge in [-0.15, -0.1) is 0 Å². The second-order valence-electron chi connectivity index (χ2n) is 8.10. The van der Waals surface area contributed by atoms with Crippen molar-refractivity contribution in [2.45, 2.75) is 32.6 Å². The standard InChI is InChI=1S/C26H30N4O/c1-20-8-13-24(25(19-20)30-17-5-2-6-18-30)26(31)29-23-11-9-22(10-12-23)28-16-14-21-7-3-4-15-27-21/h3-4,7-13,15,19,28H,2,5-6,14,16-18H2,1H3,(H,29,31). The van der Waals surface area contributed by atoms with Gasteiger partial charge in [-0.3, -0.25) is 9.78 Å². The lowest BCUT2D eigenvalue weighted by atomic mass is 10.0. The lowest BCUT2D eigenvalue weighted by Gasteiger charge is -2.30. The van der Waals surface area contributed by atoms with Crippen molar-refractivity contribution in [3.05, 3.63) is 83.7 Å². The van der Waals surface area contributed by atoms with E-state index < -0.39 is 0 Å². The quantitative estimate of drug-likeness (QED) is 0.552. The predicted molar refractivity (Wildman–Crippen MR) is 128 cm³/mol. The first-order valence-electron chi connectivity index (χ1n) is 11.1. The summed E-state index contributed by atoms with van der Waals surface area (Å²) in [4.78, 5) is 19.7. The number of hydrogen-bond donors (Lipinski definition) is 2. The van der Waals surface area contributed by atoms with Crippen LogP contribution in [-0.2, 0) is 6.42 Å². The van der Waals surface area contributed by atoms with Crippen molar-refractivity contribution in [2.75, 3.05) is 35.2 Å². The fourth-order valence-electron chi connectivity index (χ4n) is 3.98. The molecule has 0 radical (unpaired) electrons. The molecule has 1 aromatic heterocycles. The van der Waals surface area contributed by atoms with Gasteiger partial charge in [-0.05, 0) is 80.3 Å². The topological polar surface area (TPSA) is 57.3 Å². The molecule has 3 aromatic rings. The summed E-state index contributed by atoms with van der Waals surface area (Å²) in [5.41, 5.74) is 5.86. The number of nitrogens with zero attached hydrogens (tertiary/aromatic N) is 2. The Bertz CT molecular complexity index is 996. The number of piperidine rings is 1. The van der Waals surface area contributed by atoms with Gasteiger partial charge >= 0.3 is 0 Å². The first-order chi connectivity index (χ1) is 15.2. The van der Waals surface area contributed by atoms with E-state index >= 15 is 0 Å². The Morgan fingerprint density at radius 3 is 2.48 bits per heavy atom. The van der Waals surface area contributed by atoms with Crippen LogP contribution in [0.1, 0.15) is 40.9 Å². The molecule has 1 aliphatic heterocycles. The van der Waals surface area contributed by atoms with Crippen LogP contribution in [0.2, 0.25) is 0 Å². The maximum absolute atomic E-state index is 13.0. The minimum Gasteiger partial charge on any atom is -0.385 e. The van der Waals surface area contributed by atoms with Crippen LogP contribution in [0.25, 0.3) is 0 Å². The second kappa shape index (κ2) is 10.1. The number of benzene rings is 2. The highest BCUT2D eigenvalue weighted by Gasteiger charge is 2.19. The van der Waals surface area contributed by atoms with Crippen LogP contribution >= 0.6 is 0 Å². The third-order valence-electron chi connectivity index (χ3n) is 5.67. The Morgan fingerprint density at radius 2 is 1.74 bits per heavy atom. The molecular weight excluding hydrogens is 384 g/mol. The summed E-state index contributed by atoms with van der Waals surface area (Å²) in [6.45, 7) is 4.92. The van der Waals surface area contributed by atoms with E-state index in [9.17, 15) is 4.79 Å². The molecule has 4 rings (SSSR count). The maximum atomic E-state index is 13.0. The SMILES string of the molecule is Cc1ccc(C(=O)Nc2ccc(NCCc3ccccn3)cc2)c(N2CCCCC2)c1.